The standard InChI is InChI=1S/C18H24N6O2/c1-14-12-15(21-17(20-14)23-7-2-3-8-23)22-9-4-18(5-10-22,16(25)26)24-11-6-19-13-24/h6,11-13H,2-5,7-10H2,1H3,(H,25,26). The molecule has 8 heteroatoms. The van der Waals surface area contributed by atoms with Crippen molar-refractivity contribution in [2.75, 3.05) is 36.0 Å². The van der Waals surface area contributed by atoms with Crippen molar-refractivity contribution in [1.82, 2.24) is 19.5 Å². The quantitative estimate of drug-likeness (QED) is 0.891. The number of anilines is 2. The largest absolute Gasteiger partial charge is 0.479 e. The summed E-state index contributed by atoms with van der Waals surface area (Å²) >= 11 is 0. The lowest BCUT2D eigenvalue weighted by Gasteiger charge is -2.40. The van der Waals surface area contributed by atoms with E-state index in [1.54, 1.807) is 23.3 Å². The van der Waals surface area contributed by atoms with Gasteiger partial charge in [0, 0.05) is 50.3 Å². The summed E-state index contributed by atoms with van der Waals surface area (Å²) in [5, 5.41) is 9.85. The van der Waals surface area contributed by atoms with Gasteiger partial charge in [-0.15, -0.1) is 0 Å². The average molecular weight is 356 g/mol. The number of aliphatic carboxylic acids is 1. The van der Waals surface area contributed by atoms with Crippen molar-refractivity contribution in [2.24, 2.45) is 0 Å². The molecule has 2 fully saturated rings. The van der Waals surface area contributed by atoms with E-state index >= 15 is 0 Å². The van der Waals surface area contributed by atoms with Gasteiger partial charge in [0.2, 0.25) is 5.95 Å². The molecule has 4 heterocycles. The van der Waals surface area contributed by atoms with Crippen LogP contribution in [0, 0.1) is 6.92 Å². The topological polar surface area (TPSA) is 87.4 Å². The minimum atomic E-state index is -0.924. The molecule has 2 saturated heterocycles. The van der Waals surface area contributed by atoms with E-state index in [9.17, 15) is 9.90 Å². The zero-order valence-electron chi connectivity index (χ0n) is 15.0. The lowest BCUT2D eigenvalue weighted by molar-refractivity contribution is -0.148. The van der Waals surface area contributed by atoms with Gasteiger partial charge in [0.05, 0.1) is 6.33 Å². The summed E-state index contributed by atoms with van der Waals surface area (Å²) in [5.74, 6) is 0.887. The van der Waals surface area contributed by atoms with Crippen molar-refractivity contribution in [2.45, 2.75) is 38.1 Å². The molecule has 1 N–H and O–H groups in total. The van der Waals surface area contributed by atoms with Crippen LogP contribution in [0.3, 0.4) is 0 Å². The van der Waals surface area contributed by atoms with Crippen molar-refractivity contribution < 1.29 is 9.90 Å². The van der Waals surface area contributed by atoms with Crippen molar-refractivity contribution in [3.63, 3.8) is 0 Å². The third-order valence-electron chi connectivity index (χ3n) is 5.53. The molecular formula is C18H24N6O2. The molecule has 2 aromatic heterocycles. The van der Waals surface area contributed by atoms with Crippen LogP contribution in [0.5, 0.6) is 0 Å². The Morgan fingerprint density at radius 1 is 1.12 bits per heavy atom. The molecule has 0 radical (unpaired) electrons. The van der Waals surface area contributed by atoms with Gasteiger partial charge < -0.3 is 19.5 Å². The van der Waals surface area contributed by atoms with E-state index in [1.807, 2.05) is 13.0 Å². The zero-order valence-corrected chi connectivity index (χ0v) is 15.0. The average Bonchev–Trinajstić information content (AvgIpc) is 3.35. The first kappa shape index (κ1) is 16.8. The second kappa shape index (κ2) is 6.59. The van der Waals surface area contributed by atoms with Gasteiger partial charge in [-0.25, -0.2) is 14.8 Å². The number of imidazole rings is 1. The molecule has 26 heavy (non-hydrogen) atoms. The Balaban J connectivity index is 1.55. The molecule has 0 spiro atoms. The van der Waals surface area contributed by atoms with E-state index in [2.05, 4.69) is 19.8 Å². The number of nitrogens with zero attached hydrogens (tertiary/aromatic N) is 6. The van der Waals surface area contributed by atoms with Gasteiger partial charge in [0.1, 0.15) is 11.4 Å². The molecule has 2 aliphatic rings. The molecule has 8 nitrogen and oxygen atoms in total. The predicted molar refractivity (Wildman–Crippen MR) is 97.5 cm³/mol. The van der Waals surface area contributed by atoms with E-state index in [1.165, 1.54) is 12.8 Å². The predicted octanol–water partition coefficient (Wildman–Crippen LogP) is 1.66. The van der Waals surface area contributed by atoms with E-state index in [0.717, 1.165) is 30.5 Å². The maximum atomic E-state index is 12.0. The number of hydrogen-bond acceptors (Lipinski definition) is 6. The summed E-state index contributed by atoms with van der Waals surface area (Å²) in [5.41, 5.74) is 0.0222. The third kappa shape index (κ3) is 2.89. The maximum absolute atomic E-state index is 12.0. The summed E-state index contributed by atoms with van der Waals surface area (Å²) < 4.78 is 1.73. The highest BCUT2D eigenvalue weighted by Gasteiger charge is 2.43. The fourth-order valence-electron chi connectivity index (χ4n) is 3.96. The number of aromatic nitrogens is 4. The van der Waals surface area contributed by atoms with Crippen LogP contribution in [0.2, 0.25) is 0 Å². The van der Waals surface area contributed by atoms with E-state index in [-0.39, 0.29) is 0 Å². The number of carbonyl (C=O) groups is 1. The van der Waals surface area contributed by atoms with Crippen molar-refractivity contribution in [1.29, 1.82) is 0 Å². The molecule has 0 saturated carbocycles. The SMILES string of the molecule is Cc1cc(N2CCC(C(=O)O)(n3ccnc3)CC2)nc(N2CCCC2)n1. The van der Waals surface area contributed by atoms with E-state index in [4.69, 9.17) is 4.98 Å². The molecule has 4 rings (SSSR count). The molecule has 0 atom stereocenters. The van der Waals surface area contributed by atoms with Gasteiger partial charge >= 0.3 is 5.97 Å². The Hall–Kier alpha value is -2.64. The van der Waals surface area contributed by atoms with E-state index < -0.39 is 11.5 Å². The smallest absolute Gasteiger partial charge is 0.330 e. The maximum Gasteiger partial charge on any atom is 0.330 e. The van der Waals surface area contributed by atoms with Crippen molar-refractivity contribution in [3.05, 3.63) is 30.5 Å². The molecule has 2 aromatic rings. The first-order chi connectivity index (χ1) is 12.6. The molecular weight excluding hydrogens is 332 g/mol. The highest BCUT2D eigenvalue weighted by molar-refractivity contribution is 5.77. The van der Waals surface area contributed by atoms with Gasteiger partial charge in [-0.2, -0.15) is 4.98 Å². The van der Waals surface area contributed by atoms with Crippen LogP contribution < -0.4 is 9.80 Å². The molecule has 0 aliphatic carbocycles. The molecule has 0 unspecified atom stereocenters. The normalized spacial score (nSPS) is 19.7. The number of piperidine rings is 1. The first-order valence-corrected chi connectivity index (χ1v) is 9.16. The van der Waals surface area contributed by atoms with Crippen LogP contribution in [-0.4, -0.2) is 56.8 Å². The minimum absolute atomic E-state index is 0.515. The molecule has 2 aliphatic heterocycles. The fourth-order valence-corrected chi connectivity index (χ4v) is 3.96. The Morgan fingerprint density at radius 3 is 2.46 bits per heavy atom. The summed E-state index contributed by atoms with van der Waals surface area (Å²) in [6, 6.07) is 1.99. The fraction of sp³-hybridized carbons (Fsp3) is 0.556. The van der Waals surface area contributed by atoms with Gasteiger partial charge in [0.25, 0.3) is 0 Å². The van der Waals surface area contributed by atoms with Crippen molar-refractivity contribution in [3.8, 4) is 0 Å². The van der Waals surface area contributed by atoms with Crippen LogP contribution in [0.1, 0.15) is 31.4 Å². The Morgan fingerprint density at radius 2 is 1.85 bits per heavy atom. The first-order valence-electron chi connectivity index (χ1n) is 9.16. The highest BCUT2D eigenvalue weighted by atomic mass is 16.4. The van der Waals surface area contributed by atoms with Crippen LogP contribution in [0.15, 0.2) is 24.8 Å². The summed E-state index contributed by atoms with van der Waals surface area (Å²) in [6.07, 6.45) is 8.37. The second-order valence-electron chi connectivity index (χ2n) is 7.16. The molecule has 138 valence electrons. The Labute approximate surface area is 152 Å². The Bertz CT molecular complexity index is 777. The van der Waals surface area contributed by atoms with Gasteiger partial charge in [-0.3, -0.25) is 0 Å². The summed E-state index contributed by atoms with van der Waals surface area (Å²) in [7, 11) is 0. The second-order valence-corrected chi connectivity index (χ2v) is 7.16. The van der Waals surface area contributed by atoms with Crippen LogP contribution in [0.25, 0.3) is 0 Å². The van der Waals surface area contributed by atoms with E-state index in [0.29, 0.717) is 25.9 Å². The zero-order chi connectivity index (χ0) is 18.1. The van der Waals surface area contributed by atoms with Crippen LogP contribution in [0.4, 0.5) is 11.8 Å². The molecule has 0 bridgehead atoms. The van der Waals surface area contributed by atoms with Gasteiger partial charge in [-0.05, 0) is 32.6 Å². The number of hydrogen-bond donors (Lipinski definition) is 1. The number of carboxylic acids is 1. The number of aryl methyl sites for hydroxylation is 1. The number of rotatable bonds is 4. The summed E-state index contributed by atoms with van der Waals surface area (Å²) in [4.78, 5) is 29.8. The molecule has 0 aromatic carbocycles. The summed E-state index contributed by atoms with van der Waals surface area (Å²) in [6.45, 7) is 5.28. The minimum Gasteiger partial charge on any atom is -0.479 e. The molecule has 0 amide bonds. The van der Waals surface area contributed by atoms with Gasteiger partial charge in [-0.1, -0.05) is 0 Å². The van der Waals surface area contributed by atoms with Crippen LogP contribution in [-0.2, 0) is 10.3 Å². The Kier molecular flexibility index (Phi) is 4.26. The third-order valence-corrected chi connectivity index (χ3v) is 5.53. The number of carboxylic acid groups (broad SMARTS) is 1. The van der Waals surface area contributed by atoms with Crippen LogP contribution >= 0.6 is 0 Å². The highest BCUT2D eigenvalue weighted by Crippen LogP contribution is 2.33. The monoisotopic (exact) mass is 356 g/mol. The lowest BCUT2D eigenvalue weighted by Crippen LogP contribution is -2.51. The van der Waals surface area contributed by atoms with Crippen molar-refractivity contribution >= 4 is 17.7 Å². The van der Waals surface area contributed by atoms with Gasteiger partial charge in [0.15, 0.2) is 0 Å². The lowest BCUT2D eigenvalue weighted by atomic mass is 9.87.